The minimum atomic E-state index is -1.77. The van der Waals surface area contributed by atoms with Crippen molar-refractivity contribution in [1.29, 1.82) is 0 Å². The molecule has 1 saturated heterocycles. The maximum atomic E-state index is 6.39. The zero-order valence-corrected chi connectivity index (χ0v) is 19.2. The van der Waals surface area contributed by atoms with Gasteiger partial charge >= 0.3 is 7.12 Å². The van der Waals surface area contributed by atoms with Crippen molar-refractivity contribution in [2.75, 3.05) is 0 Å². The molecule has 2 aromatic rings. The average molecular weight is 371 g/mol. The quantitative estimate of drug-likeness (QED) is 0.686. The molecule has 0 radical (unpaired) electrons. The van der Waals surface area contributed by atoms with Crippen LogP contribution in [0.4, 0.5) is 0 Å². The van der Waals surface area contributed by atoms with Gasteiger partial charge in [0.15, 0.2) is 8.24 Å². The number of aryl methyl sites for hydroxylation is 1. The van der Waals surface area contributed by atoms with Gasteiger partial charge in [0, 0.05) is 11.0 Å². The van der Waals surface area contributed by atoms with E-state index < -0.39 is 8.24 Å². The molecule has 0 saturated carbocycles. The molecule has 0 spiro atoms. The molecule has 0 N–H and O–H groups in total. The van der Waals surface area contributed by atoms with Gasteiger partial charge in [-0.25, -0.2) is 0 Å². The predicted octanol–water partition coefficient (Wildman–Crippen LogP) is 5.10. The van der Waals surface area contributed by atoms with Gasteiger partial charge in [-0.3, -0.25) is 0 Å². The molecular formula is C21H34BNO2Si. The summed E-state index contributed by atoms with van der Waals surface area (Å²) in [5.74, 6) is 0. The van der Waals surface area contributed by atoms with Gasteiger partial charge in [0.1, 0.15) is 0 Å². The number of hydrogen-bond donors (Lipinski definition) is 0. The van der Waals surface area contributed by atoms with E-state index in [-0.39, 0.29) is 23.4 Å². The van der Waals surface area contributed by atoms with Crippen LogP contribution in [-0.2, 0) is 9.31 Å². The van der Waals surface area contributed by atoms with Crippen LogP contribution in [0.3, 0.4) is 0 Å². The molecule has 0 atom stereocenters. The molecule has 1 aliphatic heterocycles. The Labute approximate surface area is 160 Å². The van der Waals surface area contributed by atoms with Crippen molar-refractivity contribution in [3.8, 4) is 0 Å². The average Bonchev–Trinajstić information content (AvgIpc) is 2.94. The fraction of sp³-hybridized carbons (Fsp3) is 0.619. The van der Waals surface area contributed by atoms with Gasteiger partial charge < -0.3 is 13.5 Å². The summed E-state index contributed by atoms with van der Waals surface area (Å²) in [6.07, 6.45) is 2.32. The second-order valence-electron chi connectivity index (χ2n) is 10.3. The Bertz CT molecular complexity index is 830. The van der Waals surface area contributed by atoms with Gasteiger partial charge in [-0.15, -0.1) is 0 Å². The third-order valence-electron chi connectivity index (χ3n) is 7.00. The molecule has 142 valence electrons. The van der Waals surface area contributed by atoms with Crippen molar-refractivity contribution in [1.82, 2.24) is 4.23 Å². The van der Waals surface area contributed by atoms with Crippen LogP contribution < -0.4 is 5.46 Å². The van der Waals surface area contributed by atoms with Gasteiger partial charge in [0.2, 0.25) is 0 Å². The smallest absolute Gasteiger partial charge is 0.399 e. The van der Waals surface area contributed by atoms with Gasteiger partial charge in [-0.1, -0.05) is 52.1 Å². The summed E-state index contributed by atoms with van der Waals surface area (Å²) >= 11 is 0. The minimum absolute atomic E-state index is 0.244. The summed E-state index contributed by atoms with van der Waals surface area (Å²) in [6, 6.07) is 6.56. The molecule has 1 aromatic heterocycles. The van der Waals surface area contributed by atoms with Crippen molar-refractivity contribution >= 4 is 31.7 Å². The number of fused-ring (bicyclic) bond motifs is 1. The number of rotatable bonds is 2. The SMILES string of the molecule is Cc1cccc2c(B3OC(C)(C)C(C)(C)O3)cn([Si](C)(C)C(C)(C)C)c12. The maximum absolute atomic E-state index is 6.39. The summed E-state index contributed by atoms with van der Waals surface area (Å²) in [7, 11) is -2.10. The molecule has 2 heterocycles. The third kappa shape index (κ3) is 2.79. The van der Waals surface area contributed by atoms with Crippen LogP contribution >= 0.6 is 0 Å². The maximum Gasteiger partial charge on any atom is 0.497 e. The summed E-state index contributed by atoms with van der Waals surface area (Å²) < 4.78 is 15.3. The van der Waals surface area contributed by atoms with Crippen LogP contribution in [0, 0.1) is 6.92 Å². The Morgan fingerprint density at radius 2 is 1.54 bits per heavy atom. The molecule has 5 heteroatoms. The fourth-order valence-corrected chi connectivity index (χ4v) is 5.49. The van der Waals surface area contributed by atoms with Crippen LogP contribution in [-0.4, -0.2) is 30.8 Å². The summed E-state index contributed by atoms with van der Waals surface area (Å²) in [5.41, 5.74) is 3.16. The topological polar surface area (TPSA) is 23.4 Å². The first kappa shape index (κ1) is 19.7. The fourth-order valence-electron chi connectivity index (χ4n) is 3.44. The number of benzene rings is 1. The minimum Gasteiger partial charge on any atom is -0.399 e. The van der Waals surface area contributed by atoms with Crippen LogP contribution in [0.5, 0.6) is 0 Å². The highest BCUT2D eigenvalue weighted by molar-refractivity contribution is 6.80. The highest BCUT2D eigenvalue weighted by Crippen LogP contribution is 2.41. The van der Waals surface area contributed by atoms with Crippen molar-refractivity contribution in [2.24, 2.45) is 0 Å². The van der Waals surface area contributed by atoms with E-state index in [0.717, 1.165) is 5.46 Å². The van der Waals surface area contributed by atoms with E-state index in [9.17, 15) is 0 Å². The Balaban J connectivity index is 2.23. The first-order chi connectivity index (χ1) is 11.7. The lowest BCUT2D eigenvalue weighted by Crippen LogP contribution is -2.45. The van der Waals surface area contributed by atoms with E-state index in [0.29, 0.717) is 0 Å². The van der Waals surface area contributed by atoms with E-state index in [4.69, 9.17) is 9.31 Å². The lowest BCUT2D eigenvalue weighted by atomic mass is 9.79. The Morgan fingerprint density at radius 1 is 1.00 bits per heavy atom. The van der Waals surface area contributed by atoms with Crippen molar-refractivity contribution in [3.63, 3.8) is 0 Å². The van der Waals surface area contributed by atoms with Crippen molar-refractivity contribution in [2.45, 2.75) is 84.7 Å². The van der Waals surface area contributed by atoms with Crippen LogP contribution in [0.2, 0.25) is 18.1 Å². The summed E-state index contributed by atoms with van der Waals surface area (Å²) in [6.45, 7) is 22.7. The summed E-state index contributed by atoms with van der Waals surface area (Å²) in [4.78, 5) is 0. The van der Waals surface area contributed by atoms with Crippen molar-refractivity contribution in [3.05, 3.63) is 30.0 Å². The highest BCUT2D eigenvalue weighted by atomic mass is 28.3. The van der Waals surface area contributed by atoms with E-state index in [1.807, 2.05) is 0 Å². The van der Waals surface area contributed by atoms with Gasteiger partial charge in [0.25, 0.3) is 0 Å². The van der Waals surface area contributed by atoms with Crippen LogP contribution in [0.25, 0.3) is 10.9 Å². The summed E-state index contributed by atoms with van der Waals surface area (Å²) in [5, 5.41) is 1.50. The van der Waals surface area contributed by atoms with Gasteiger partial charge in [-0.05, 0) is 56.8 Å². The first-order valence-corrected chi connectivity index (χ1v) is 12.6. The molecular weight excluding hydrogens is 337 g/mol. The Kier molecular flexibility index (Phi) is 4.34. The molecule has 1 aromatic carbocycles. The molecule has 26 heavy (non-hydrogen) atoms. The first-order valence-electron chi connectivity index (χ1n) is 9.66. The zero-order valence-electron chi connectivity index (χ0n) is 18.2. The molecule has 3 nitrogen and oxygen atoms in total. The number of aromatic nitrogens is 1. The molecule has 3 rings (SSSR count). The molecule has 0 amide bonds. The van der Waals surface area contributed by atoms with E-state index in [1.54, 1.807) is 0 Å². The molecule has 0 unspecified atom stereocenters. The van der Waals surface area contributed by atoms with Crippen LogP contribution in [0.1, 0.15) is 54.0 Å². The monoisotopic (exact) mass is 371 g/mol. The molecule has 1 fully saturated rings. The van der Waals surface area contributed by atoms with E-state index >= 15 is 0 Å². The standard InChI is InChI=1S/C21H34BNO2Si/c1-15-12-11-13-16-17(22-24-20(5,6)21(7,8)25-22)14-23(18(15)16)26(9,10)19(2,3)4/h11-14H,1-10H3. The molecule has 0 aliphatic carbocycles. The Hall–Kier alpha value is -1.04. The normalized spacial score (nSPS) is 20.2. The number of hydrogen-bond acceptors (Lipinski definition) is 2. The predicted molar refractivity (Wildman–Crippen MR) is 115 cm³/mol. The third-order valence-corrected chi connectivity index (χ3v) is 12.2. The van der Waals surface area contributed by atoms with E-state index in [1.165, 1.54) is 16.5 Å². The molecule has 1 aliphatic rings. The lowest BCUT2D eigenvalue weighted by molar-refractivity contribution is 0.00578. The zero-order chi connectivity index (χ0) is 19.7. The second-order valence-corrected chi connectivity index (χ2v) is 15.4. The number of para-hydroxylation sites is 1. The second kappa shape index (κ2) is 5.73. The van der Waals surface area contributed by atoms with Crippen LogP contribution in [0.15, 0.2) is 24.4 Å². The highest BCUT2D eigenvalue weighted by Gasteiger charge is 2.53. The largest absolute Gasteiger partial charge is 0.497 e. The van der Waals surface area contributed by atoms with Gasteiger partial charge in [0.05, 0.1) is 11.2 Å². The number of nitrogens with zero attached hydrogens (tertiary/aromatic N) is 1. The molecule has 0 bridgehead atoms. The van der Waals surface area contributed by atoms with Gasteiger partial charge in [-0.2, -0.15) is 0 Å². The van der Waals surface area contributed by atoms with E-state index in [2.05, 4.69) is 97.1 Å². The lowest BCUT2D eigenvalue weighted by Gasteiger charge is -2.38. The van der Waals surface area contributed by atoms with Crippen molar-refractivity contribution < 1.29 is 9.31 Å². The Morgan fingerprint density at radius 3 is 2.04 bits per heavy atom.